The fourth-order valence-electron chi connectivity index (χ4n) is 8.88. The number of hydrogen-bond acceptors (Lipinski definition) is 15. The molecule has 3 N–H and O–H groups in total. The van der Waals surface area contributed by atoms with Crippen LogP contribution in [-0.2, 0) is 65.4 Å². The van der Waals surface area contributed by atoms with Crippen molar-refractivity contribution in [3.8, 4) is 0 Å². The average Bonchev–Trinajstić information content (AvgIpc) is 3.41. The van der Waals surface area contributed by atoms with Gasteiger partial charge in [-0.3, -0.25) is 37.3 Å². The van der Waals surface area contributed by atoms with Crippen LogP contribution in [0, 0.1) is 5.92 Å². The lowest BCUT2D eigenvalue weighted by atomic mass is 10.0. The summed E-state index contributed by atoms with van der Waals surface area (Å²) in [6, 6.07) is 0. The third-order valence-electron chi connectivity index (χ3n) is 13.8. The van der Waals surface area contributed by atoms with E-state index in [2.05, 4.69) is 34.6 Å². The molecule has 0 amide bonds. The van der Waals surface area contributed by atoms with Crippen LogP contribution in [0.25, 0.3) is 0 Å². The minimum atomic E-state index is -4.94. The van der Waals surface area contributed by atoms with Gasteiger partial charge in [0.1, 0.15) is 19.3 Å². The van der Waals surface area contributed by atoms with E-state index in [9.17, 15) is 43.2 Å². The molecular formula is C60H116O17P2. The van der Waals surface area contributed by atoms with E-state index >= 15 is 0 Å². The van der Waals surface area contributed by atoms with Crippen LogP contribution in [0.5, 0.6) is 0 Å². The van der Waals surface area contributed by atoms with Gasteiger partial charge in [-0.15, -0.1) is 0 Å². The van der Waals surface area contributed by atoms with Gasteiger partial charge < -0.3 is 33.8 Å². The first kappa shape index (κ1) is 77.1. The molecule has 79 heavy (non-hydrogen) atoms. The fourth-order valence-corrected chi connectivity index (χ4v) is 10.5. The molecule has 0 spiro atoms. The predicted octanol–water partition coefficient (Wildman–Crippen LogP) is 16.2. The number of carbonyl (C=O) groups is 4. The van der Waals surface area contributed by atoms with E-state index in [1.165, 1.54) is 109 Å². The summed E-state index contributed by atoms with van der Waals surface area (Å²) >= 11 is 0. The molecule has 0 aromatic rings. The Morgan fingerprint density at radius 2 is 0.582 bits per heavy atom. The first-order valence-corrected chi connectivity index (χ1v) is 34.6. The Balaban J connectivity index is 5.14. The highest BCUT2D eigenvalue weighted by Gasteiger charge is 2.30. The number of phosphoric acid groups is 2. The van der Waals surface area contributed by atoms with E-state index in [1.54, 1.807) is 0 Å². The standard InChI is InChI=1S/C60H116O17P2/c1-6-9-12-15-17-19-26-30-34-39-44-58(63)71-50-56(77-60(65)46-41-36-31-27-24-22-20-21-23-25-28-33-37-42-53(4)5)52-75-79(68,69)73-48-54(61)47-72-78(66,67)74-51-55(49-70-57(62)43-38-32-14-11-8-3)76-59(64)45-40-35-29-18-16-13-10-7-2/h53-56,61H,6-52H2,1-5H3,(H,66,67)(H,68,69)/t54-,55+,56+/m0/s1. The van der Waals surface area contributed by atoms with Crippen molar-refractivity contribution >= 4 is 39.5 Å². The maximum atomic E-state index is 12.9. The van der Waals surface area contributed by atoms with Crippen LogP contribution in [0.4, 0.5) is 0 Å². The Bertz CT molecular complexity index is 1550. The zero-order chi connectivity index (χ0) is 58.5. The summed E-state index contributed by atoms with van der Waals surface area (Å²) in [6.45, 7) is 7.06. The molecule has 17 nitrogen and oxygen atoms in total. The van der Waals surface area contributed by atoms with Gasteiger partial charge >= 0.3 is 39.5 Å². The van der Waals surface area contributed by atoms with Gasteiger partial charge in [0, 0.05) is 25.7 Å². The third kappa shape index (κ3) is 55.0. The zero-order valence-electron chi connectivity index (χ0n) is 50.5. The van der Waals surface area contributed by atoms with Gasteiger partial charge in [-0.25, -0.2) is 9.13 Å². The number of carbonyl (C=O) groups excluding carboxylic acids is 4. The number of rotatable bonds is 60. The molecule has 0 aromatic heterocycles. The van der Waals surface area contributed by atoms with Crippen molar-refractivity contribution in [3.05, 3.63) is 0 Å². The van der Waals surface area contributed by atoms with Gasteiger partial charge in [-0.05, 0) is 31.6 Å². The van der Waals surface area contributed by atoms with E-state index in [4.69, 9.17) is 37.0 Å². The highest BCUT2D eigenvalue weighted by Crippen LogP contribution is 2.45. The van der Waals surface area contributed by atoms with E-state index in [0.717, 1.165) is 109 Å². The Kier molecular flexibility index (Phi) is 52.7. The highest BCUT2D eigenvalue weighted by atomic mass is 31.2. The minimum Gasteiger partial charge on any atom is -0.462 e. The molecule has 0 saturated heterocycles. The normalized spacial score (nSPS) is 14.3. The second-order valence-electron chi connectivity index (χ2n) is 22.2. The summed E-state index contributed by atoms with van der Waals surface area (Å²) in [5.41, 5.74) is 0. The molecule has 0 aliphatic carbocycles. The number of hydrogen-bond donors (Lipinski definition) is 3. The topological polar surface area (TPSA) is 237 Å². The summed E-state index contributed by atoms with van der Waals surface area (Å²) in [6.07, 6.45) is 36.6. The molecule has 0 fully saturated rings. The monoisotopic (exact) mass is 1170 g/mol. The van der Waals surface area contributed by atoms with Gasteiger partial charge in [-0.1, -0.05) is 247 Å². The SMILES string of the molecule is CCCCCCCCCCCCC(=O)OC[C@H](COP(=O)(O)OC[C@@H](O)COP(=O)(O)OC[C@@H](COC(=O)CCCCCCC)OC(=O)CCCCCCCCCC)OC(=O)CCCCCCCCCCCCCCCC(C)C. The lowest BCUT2D eigenvalue weighted by Crippen LogP contribution is -2.30. The quantitative estimate of drug-likeness (QED) is 0.0222. The number of phosphoric ester groups is 2. The largest absolute Gasteiger partial charge is 0.472 e. The number of aliphatic hydroxyl groups is 1. The summed E-state index contributed by atoms with van der Waals surface area (Å²) < 4.78 is 67.6. The predicted molar refractivity (Wildman–Crippen MR) is 312 cm³/mol. The molecule has 0 aromatic carbocycles. The highest BCUT2D eigenvalue weighted by molar-refractivity contribution is 7.47. The van der Waals surface area contributed by atoms with Crippen LogP contribution in [0.3, 0.4) is 0 Å². The minimum absolute atomic E-state index is 0.104. The summed E-state index contributed by atoms with van der Waals surface area (Å²) in [4.78, 5) is 71.7. The molecule has 0 rings (SSSR count). The molecule has 0 aliphatic rings. The molecule has 0 aliphatic heterocycles. The van der Waals surface area contributed by atoms with E-state index in [0.29, 0.717) is 25.7 Å². The number of ether oxygens (including phenoxy) is 4. The van der Waals surface area contributed by atoms with Crippen molar-refractivity contribution in [1.82, 2.24) is 0 Å². The van der Waals surface area contributed by atoms with Gasteiger partial charge in [0.05, 0.1) is 26.4 Å². The van der Waals surface area contributed by atoms with Crippen LogP contribution in [0.1, 0.15) is 298 Å². The summed E-state index contributed by atoms with van der Waals surface area (Å²) in [5.74, 6) is -1.36. The molecule has 19 heteroatoms. The molecule has 0 bridgehead atoms. The second kappa shape index (κ2) is 54.0. The van der Waals surface area contributed by atoms with Crippen LogP contribution in [-0.4, -0.2) is 96.7 Å². The molecular weight excluding hydrogens is 1050 g/mol. The Labute approximate surface area is 479 Å². The molecule has 0 saturated carbocycles. The van der Waals surface area contributed by atoms with Crippen molar-refractivity contribution in [2.24, 2.45) is 5.92 Å². The van der Waals surface area contributed by atoms with Gasteiger partial charge in [0.25, 0.3) is 0 Å². The number of esters is 4. The summed E-state index contributed by atoms with van der Waals surface area (Å²) in [7, 11) is -9.86. The van der Waals surface area contributed by atoms with E-state index < -0.39 is 97.5 Å². The fraction of sp³-hybridized carbons (Fsp3) is 0.933. The average molecular weight is 1170 g/mol. The molecule has 5 atom stereocenters. The van der Waals surface area contributed by atoms with Crippen molar-refractivity contribution in [3.63, 3.8) is 0 Å². The molecule has 468 valence electrons. The van der Waals surface area contributed by atoms with Crippen molar-refractivity contribution < 1.29 is 80.2 Å². The van der Waals surface area contributed by atoms with Crippen LogP contribution in [0.2, 0.25) is 0 Å². The van der Waals surface area contributed by atoms with Crippen LogP contribution < -0.4 is 0 Å². The maximum absolute atomic E-state index is 12.9. The van der Waals surface area contributed by atoms with Crippen LogP contribution >= 0.6 is 15.6 Å². The third-order valence-corrected chi connectivity index (χ3v) is 15.7. The van der Waals surface area contributed by atoms with Crippen molar-refractivity contribution in [2.75, 3.05) is 39.6 Å². The number of aliphatic hydroxyl groups excluding tert-OH is 1. The first-order chi connectivity index (χ1) is 38.0. The maximum Gasteiger partial charge on any atom is 0.472 e. The smallest absolute Gasteiger partial charge is 0.462 e. The molecule has 0 heterocycles. The van der Waals surface area contributed by atoms with E-state index in [-0.39, 0.29) is 25.7 Å². The zero-order valence-corrected chi connectivity index (χ0v) is 52.3. The lowest BCUT2D eigenvalue weighted by Gasteiger charge is -2.21. The number of unbranched alkanes of at least 4 members (excludes halogenated alkanes) is 32. The second-order valence-corrected chi connectivity index (χ2v) is 25.1. The van der Waals surface area contributed by atoms with E-state index in [1.807, 2.05) is 0 Å². The van der Waals surface area contributed by atoms with Gasteiger partial charge in [0.2, 0.25) is 0 Å². The Morgan fingerprint density at radius 1 is 0.342 bits per heavy atom. The lowest BCUT2D eigenvalue weighted by molar-refractivity contribution is -0.161. The first-order valence-electron chi connectivity index (χ1n) is 31.6. The summed E-state index contributed by atoms with van der Waals surface area (Å²) in [5, 5.41) is 10.5. The molecule has 2 unspecified atom stereocenters. The Hall–Kier alpha value is -1.94. The van der Waals surface area contributed by atoms with Gasteiger partial charge in [-0.2, -0.15) is 0 Å². The molecule has 0 radical (unpaired) electrons. The van der Waals surface area contributed by atoms with Crippen LogP contribution in [0.15, 0.2) is 0 Å². The van der Waals surface area contributed by atoms with Gasteiger partial charge in [0.15, 0.2) is 12.2 Å². The van der Waals surface area contributed by atoms with Crippen molar-refractivity contribution in [1.29, 1.82) is 0 Å². The Morgan fingerprint density at radius 3 is 0.861 bits per heavy atom. The van der Waals surface area contributed by atoms with Crippen molar-refractivity contribution in [2.45, 2.75) is 316 Å².